The summed E-state index contributed by atoms with van der Waals surface area (Å²) in [5, 5.41) is 0. The van der Waals surface area contributed by atoms with Crippen LogP contribution < -0.4 is 5.73 Å². The van der Waals surface area contributed by atoms with Crippen molar-refractivity contribution in [2.45, 2.75) is 6.04 Å². The van der Waals surface area contributed by atoms with Crippen LogP contribution in [-0.4, -0.2) is 9.55 Å². The van der Waals surface area contributed by atoms with Crippen LogP contribution in [0, 0.1) is 5.82 Å². The molecule has 1 atom stereocenters. The van der Waals surface area contributed by atoms with Crippen LogP contribution in [-0.2, 0) is 7.05 Å². The quantitative estimate of drug-likeness (QED) is 0.809. The first-order valence-electron chi connectivity index (χ1n) is 4.67. The van der Waals surface area contributed by atoms with Gasteiger partial charge in [0.2, 0.25) is 0 Å². The number of nitrogens with zero attached hydrogens (tertiary/aromatic N) is 2. The van der Waals surface area contributed by atoms with Crippen molar-refractivity contribution in [3.05, 3.63) is 53.9 Å². The zero-order valence-electron chi connectivity index (χ0n) is 8.39. The van der Waals surface area contributed by atoms with E-state index in [1.54, 1.807) is 18.3 Å². The second-order valence-electron chi connectivity index (χ2n) is 3.43. The summed E-state index contributed by atoms with van der Waals surface area (Å²) in [5.74, 6) is 0.442. The summed E-state index contributed by atoms with van der Waals surface area (Å²) in [6, 6.07) is 5.88. The Hall–Kier alpha value is -1.68. The van der Waals surface area contributed by atoms with Gasteiger partial charge in [0, 0.05) is 19.4 Å². The van der Waals surface area contributed by atoms with Crippen molar-refractivity contribution < 1.29 is 4.39 Å². The van der Waals surface area contributed by atoms with Crippen LogP contribution in [0.15, 0.2) is 36.7 Å². The molecule has 0 saturated heterocycles. The number of aromatic nitrogens is 2. The maximum absolute atomic E-state index is 13.0. The van der Waals surface area contributed by atoms with E-state index in [-0.39, 0.29) is 11.9 Å². The second-order valence-corrected chi connectivity index (χ2v) is 3.43. The summed E-state index contributed by atoms with van der Waals surface area (Å²) in [6.07, 6.45) is 3.49. The van der Waals surface area contributed by atoms with E-state index in [1.807, 2.05) is 17.8 Å². The van der Waals surface area contributed by atoms with Gasteiger partial charge in [0.25, 0.3) is 0 Å². The minimum absolute atomic E-state index is 0.280. The highest BCUT2D eigenvalue weighted by atomic mass is 19.1. The largest absolute Gasteiger partial charge is 0.336 e. The Morgan fingerprint density at radius 3 is 2.87 bits per heavy atom. The maximum Gasteiger partial charge on any atom is 0.129 e. The first-order chi connectivity index (χ1) is 7.18. The summed E-state index contributed by atoms with van der Waals surface area (Å²) in [4.78, 5) is 4.14. The predicted octanol–water partition coefficient (Wildman–Crippen LogP) is 1.61. The predicted molar refractivity (Wildman–Crippen MR) is 55.6 cm³/mol. The SMILES string of the molecule is Cn1ccnc1[C@H](N)c1cccc(F)c1. The minimum Gasteiger partial charge on any atom is -0.336 e. The van der Waals surface area contributed by atoms with Crippen molar-refractivity contribution in [3.8, 4) is 0 Å². The van der Waals surface area contributed by atoms with Gasteiger partial charge in [0.05, 0.1) is 6.04 Å². The Morgan fingerprint density at radius 2 is 2.27 bits per heavy atom. The highest BCUT2D eigenvalue weighted by molar-refractivity contribution is 5.25. The Morgan fingerprint density at radius 1 is 1.47 bits per heavy atom. The van der Waals surface area contributed by atoms with Crippen LogP contribution in [0.25, 0.3) is 0 Å². The molecule has 15 heavy (non-hydrogen) atoms. The zero-order chi connectivity index (χ0) is 10.8. The summed E-state index contributed by atoms with van der Waals surface area (Å²) in [7, 11) is 1.86. The third-order valence-corrected chi connectivity index (χ3v) is 2.34. The van der Waals surface area contributed by atoms with Crippen molar-refractivity contribution in [2.75, 3.05) is 0 Å². The molecule has 0 aliphatic carbocycles. The summed E-state index contributed by atoms with van der Waals surface area (Å²) in [5.41, 5.74) is 6.71. The molecule has 0 radical (unpaired) electrons. The molecule has 4 heteroatoms. The van der Waals surface area contributed by atoms with E-state index in [9.17, 15) is 4.39 Å². The van der Waals surface area contributed by atoms with Gasteiger partial charge >= 0.3 is 0 Å². The van der Waals surface area contributed by atoms with Gasteiger partial charge in [0.15, 0.2) is 0 Å². The van der Waals surface area contributed by atoms with E-state index in [0.29, 0.717) is 0 Å². The molecular weight excluding hydrogens is 193 g/mol. The van der Waals surface area contributed by atoms with Crippen molar-refractivity contribution in [2.24, 2.45) is 12.8 Å². The molecule has 0 aliphatic heterocycles. The normalized spacial score (nSPS) is 12.7. The number of imidazole rings is 1. The summed E-state index contributed by atoms with van der Waals surface area (Å²) < 4.78 is 14.8. The number of aryl methyl sites for hydroxylation is 1. The molecule has 1 aromatic carbocycles. The average Bonchev–Trinajstić information content (AvgIpc) is 2.63. The molecule has 0 aliphatic rings. The minimum atomic E-state index is -0.388. The molecule has 2 rings (SSSR count). The summed E-state index contributed by atoms with van der Waals surface area (Å²) in [6.45, 7) is 0. The molecule has 3 nitrogen and oxygen atoms in total. The average molecular weight is 205 g/mol. The molecule has 78 valence electrons. The first-order valence-corrected chi connectivity index (χ1v) is 4.67. The molecular formula is C11H12FN3. The third kappa shape index (κ3) is 1.89. The molecule has 0 amide bonds. The molecule has 0 saturated carbocycles. The number of rotatable bonds is 2. The van der Waals surface area contributed by atoms with E-state index in [4.69, 9.17) is 5.73 Å². The van der Waals surface area contributed by atoms with Crippen LogP contribution in [0.4, 0.5) is 4.39 Å². The maximum atomic E-state index is 13.0. The summed E-state index contributed by atoms with van der Waals surface area (Å²) >= 11 is 0. The van der Waals surface area contributed by atoms with Gasteiger partial charge in [-0.25, -0.2) is 9.37 Å². The van der Waals surface area contributed by atoms with Gasteiger partial charge in [-0.3, -0.25) is 0 Å². The third-order valence-electron chi connectivity index (χ3n) is 2.34. The monoisotopic (exact) mass is 205 g/mol. The number of hydrogen-bond acceptors (Lipinski definition) is 2. The van der Waals surface area contributed by atoms with Crippen molar-refractivity contribution in [1.29, 1.82) is 0 Å². The zero-order valence-corrected chi connectivity index (χ0v) is 8.39. The van der Waals surface area contributed by atoms with Crippen LogP contribution in [0.3, 0.4) is 0 Å². The van der Waals surface area contributed by atoms with E-state index >= 15 is 0 Å². The highest BCUT2D eigenvalue weighted by Crippen LogP contribution is 2.17. The Kier molecular flexibility index (Phi) is 2.51. The number of benzene rings is 1. The fourth-order valence-corrected chi connectivity index (χ4v) is 1.53. The number of halogens is 1. The molecule has 1 heterocycles. The van der Waals surface area contributed by atoms with Gasteiger partial charge in [-0.05, 0) is 17.7 Å². The topological polar surface area (TPSA) is 43.8 Å². The fraction of sp³-hybridized carbons (Fsp3) is 0.182. The second kappa shape index (κ2) is 3.82. The lowest BCUT2D eigenvalue weighted by Crippen LogP contribution is -2.16. The molecule has 0 spiro atoms. The van der Waals surface area contributed by atoms with Crippen LogP contribution in [0.5, 0.6) is 0 Å². The van der Waals surface area contributed by atoms with Gasteiger partial charge in [-0.15, -0.1) is 0 Å². The lowest BCUT2D eigenvalue weighted by atomic mass is 10.1. The lowest BCUT2D eigenvalue weighted by molar-refractivity contribution is 0.620. The van der Waals surface area contributed by atoms with E-state index in [1.165, 1.54) is 12.1 Å². The lowest BCUT2D eigenvalue weighted by Gasteiger charge is -2.11. The molecule has 2 aromatic rings. The molecule has 1 aromatic heterocycles. The van der Waals surface area contributed by atoms with Crippen LogP contribution in [0.1, 0.15) is 17.4 Å². The Bertz CT molecular complexity index is 464. The van der Waals surface area contributed by atoms with Crippen LogP contribution >= 0.6 is 0 Å². The molecule has 2 N–H and O–H groups in total. The van der Waals surface area contributed by atoms with Crippen molar-refractivity contribution >= 4 is 0 Å². The van der Waals surface area contributed by atoms with E-state index < -0.39 is 0 Å². The smallest absolute Gasteiger partial charge is 0.129 e. The first kappa shape index (κ1) is 9.86. The molecule has 0 fully saturated rings. The van der Waals surface area contributed by atoms with Gasteiger partial charge in [-0.1, -0.05) is 12.1 Å². The molecule has 0 unspecified atom stereocenters. The van der Waals surface area contributed by atoms with Crippen LogP contribution in [0.2, 0.25) is 0 Å². The van der Waals surface area contributed by atoms with Crippen molar-refractivity contribution in [3.63, 3.8) is 0 Å². The Labute approximate surface area is 87.4 Å². The number of hydrogen-bond donors (Lipinski definition) is 1. The number of nitrogens with two attached hydrogens (primary N) is 1. The Balaban J connectivity index is 2.36. The van der Waals surface area contributed by atoms with E-state index in [2.05, 4.69) is 4.98 Å². The fourth-order valence-electron chi connectivity index (χ4n) is 1.53. The van der Waals surface area contributed by atoms with E-state index in [0.717, 1.165) is 11.4 Å². The van der Waals surface area contributed by atoms with Gasteiger partial charge in [0.1, 0.15) is 11.6 Å². The van der Waals surface area contributed by atoms with Gasteiger partial charge < -0.3 is 10.3 Å². The highest BCUT2D eigenvalue weighted by Gasteiger charge is 2.13. The van der Waals surface area contributed by atoms with Crippen molar-refractivity contribution in [1.82, 2.24) is 9.55 Å². The van der Waals surface area contributed by atoms with Gasteiger partial charge in [-0.2, -0.15) is 0 Å². The standard InChI is InChI=1S/C11H12FN3/c1-15-6-5-14-11(15)10(13)8-3-2-4-9(12)7-8/h2-7,10H,13H2,1H3/t10-/m1/s1. The molecule has 0 bridgehead atoms.